The molecule has 0 aliphatic heterocycles. The van der Waals surface area contributed by atoms with Crippen LogP contribution in [0.15, 0.2) is 0 Å². The van der Waals surface area contributed by atoms with E-state index in [0.29, 0.717) is 25.7 Å². The molecule has 1 amide bonds. The number of carbonyl (C=O) groups is 1. The van der Waals surface area contributed by atoms with E-state index in [1.54, 1.807) is 0 Å². The molecule has 0 aliphatic carbocycles. The third-order valence-electron chi connectivity index (χ3n) is 1.70. The summed E-state index contributed by atoms with van der Waals surface area (Å²) in [4.78, 5) is 10.5. The number of nitrogens with two attached hydrogens (primary N) is 2. The fraction of sp³-hybridized carbons (Fsp3) is 0.857. The lowest BCUT2D eigenvalue weighted by Gasteiger charge is -2.03. The minimum absolute atomic E-state index is 0.0312. The number of hydrogen-bond donors (Lipinski definition) is 2. The van der Waals surface area contributed by atoms with Gasteiger partial charge in [-0.15, -0.1) is 11.6 Å². The van der Waals surface area contributed by atoms with Crippen molar-refractivity contribution in [2.45, 2.75) is 31.1 Å². The van der Waals surface area contributed by atoms with Crippen LogP contribution in [0.4, 0.5) is 0 Å². The Morgan fingerprint density at radius 3 is 2.29 bits per heavy atom. The largest absolute Gasteiger partial charge is 0.368 e. The summed E-state index contributed by atoms with van der Waals surface area (Å²) in [5.74, 6) is -0.575. The zero-order chi connectivity index (χ0) is 11.2. The van der Waals surface area contributed by atoms with Crippen molar-refractivity contribution in [3.8, 4) is 0 Å². The Kier molecular flexibility index (Phi) is 6.06. The number of amides is 1. The predicted octanol–water partition coefficient (Wildman–Crippen LogP) is -0.0720. The van der Waals surface area contributed by atoms with Crippen molar-refractivity contribution < 1.29 is 13.2 Å². The first-order valence-electron chi connectivity index (χ1n) is 4.27. The van der Waals surface area contributed by atoms with E-state index < -0.39 is 21.3 Å². The molecule has 14 heavy (non-hydrogen) atoms. The Morgan fingerprint density at radius 1 is 1.29 bits per heavy atom. The first kappa shape index (κ1) is 13.7. The van der Waals surface area contributed by atoms with Crippen LogP contribution in [0.5, 0.6) is 0 Å². The number of primary amides is 1. The zero-order valence-electron chi connectivity index (χ0n) is 7.78. The van der Waals surface area contributed by atoms with Gasteiger partial charge in [0.25, 0.3) is 0 Å². The second-order valence-corrected chi connectivity index (χ2v) is 5.35. The Hall–Kier alpha value is -0.330. The molecule has 0 heterocycles. The van der Waals surface area contributed by atoms with Gasteiger partial charge in [0.1, 0.15) is 5.38 Å². The van der Waals surface area contributed by atoms with Crippen molar-refractivity contribution in [3.05, 3.63) is 0 Å². The minimum Gasteiger partial charge on any atom is -0.368 e. The fourth-order valence-electron chi connectivity index (χ4n) is 0.946. The number of carbonyl (C=O) groups excluding carboxylic acids is 1. The van der Waals surface area contributed by atoms with Gasteiger partial charge in [0.2, 0.25) is 15.9 Å². The summed E-state index contributed by atoms with van der Waals surface area (Å²) in [6.45, 7) is 0. The van der Waals surface area contributed by atoms with Crippen molar-refractivity contribution >= 4 is 27.5 Å². The smallest absolute Gasteiger partial charge is 0.235 e. The number of sulfonamides is 1. The van der Waals surface area contributed by atoms with E-state index in [1.165, 1.54) is 0 Å². The molecule has 0 rings (SSSR count). The highest BCUT2D eigenvalue weighted by molar-refractivity contribution is 7.89. The molecule has 7 heteroatoms. The van der Waals surface area contributed by atoms with Gasteiger partial charge in [-0.1, -0.05) is 12.8 Å². The van der Waals surface area contributed by atoms with E-state index in [2.05, 4.69) is 0 Å². The van der Waals surface area contributed by atoms with E-state index in [4.69, 9.17) is 22.5 Å². The highest BCUT2D eigenvalue weighted by Crippen LogP contribution is 2.08. The summed E-state index contributed by atoms with van der Waals surface area (Å²) in [7, 11) is -3.37. The van der Waals surface area contributed by atoms with Crippen LogP contribution in [-0.4, -0.2) is 25.5 Å². The molecule has 0 saturated heterocycles. The van der Waals surface area contributed by atoms with Gasteiger partial charge in [-0.25, -0.2) is 13.6 Å². The second-order valence-electron chi connectivity index (χ2n) is 3.09. The minimum atomic E-state index is -3.37. The number of unbranched alkanes of at least 4 members (excludes halogenated alkanes) is 2. The summed E-state index contributed by atoms with van der Waals surface area (Å²) in [6, 6.07) is 0. The number of halogens is 1. The van der Waals surface area contributed by atoms with E-state index in [-0.39, 0.29) is 5.75 Å². The van der Waals surface area contributed by atoms with Gasteiger partial charge in [-0.2, -0.15) is 0 Å². The van der Waals surface area contributed by atoms with Crippen LogP contribution in [0, 0.1) is 0 Å². The zero-order valence-corrected chi connectivity index (χ0v) is 9.35. The van der Waals surface area contributed by atoms with E-state index in [9.17, 15) is 13.2 Å². The van der Waals surface area contributed by atoms with Gasteiger partial charge in [0.15, 0.2) is 0 Å². The Morgan fingerprint density at radius 2 is 1.86 bits per heavy atom. The molecule has 1 unspecified atom stereocenters. The molecule has 0 spiro atoms. The SMILES string of the molecule is NC(=O)C(Cl)CCCCCS(N)(=O)=O. The van der Waals surface area contributed by atoms with E-state index in [0.717, 1.165) is 0 Å². The Bertz CT molecular complexity index is 279. The predicted molar refractivity (Wildman–Crippen MR) is 55.3 cm³/mol. The number of primary sulfonamides is 1. The maximum absolute atomic E-state index is 10.5. The molecule has 0 aliphatic rings. The highest BCUT2D eigenvalue weighted by Gasteiger charge is 2.10. The van der Waals surface area contributed by atoms with Crippen LogP contribution in [0.25, 0.3) is 0 Å². The van der Waals surface area contributed by atoms with Crippen LogP contribution in [-0.2, 0) is 14.8 Å². The fourth-order valence-corrected chi connectivity index (χ4v) is 1.71. The second kappa shape index (κ2) is 6.21. The summed E-state index contributed by atoms with van der Waals surface area (Å²) >= 11 is 5.57. The highest BCUT2D eigenvalue weighted by atomic mass is 35.5. The lowest BCUT2D eigenvalue weighted by atomic mass is 10.1. The quantitative estimate of drug-likeness (QED) is 0.482. The summed E-state index contributed by atoms with van der Waals surface area (Å²) in [5, 5.41) is 4.14. The molecule has 1 atom stereocenters. The molecule has 0 saturated carbocycles. The van der Waals surface area contributed by atoms with Crippen LogP contribution in [0.2, 0.25) is 0 Å². The molecule has 0 radical (unpaired) electrons. The van der Waals surface area contributed by atoms with Crippen LogP contribution < -0.4 is 10.9 Å². The standard InChI is InChI=1S/C7H15ClN2O3S/c8-6(7(9)11)4-2-1-3-5-14(10,12)13/h6H,1-5H2,(H2,9,11)(H2,10,12,13). The summed E-state index contributed by atoms with van der Waals surface area (Å²) in [6.07, 6.45) is 2.31. The third kappa shape index (κ3) is 8.28. The Balaban J connectivity index is 3.44. The maximum atomic E-state index is 10.5. The molecule has 0 aromatic rings. The molecule has 0 bridgehead atoms. The first-order valence-corrected chi connectivity index (χ1v) is 6.42. The lowest BCUT2D eigenvalue weighted by molar-refractivity contribution is -0.117. The molecule has 0 aromatic heterocycles. The molecular formula is C7H15ClN2O3S. The van der Waals surface area contributed by atoms with Crippen LogP contribution >= 0.6 is 11.6 Å². The van der Waals surface area contributed by atoms with Crippen molar-refractivity contribution in [1.29, 1.82) is 0 Å². The topological polar surface area (TPSA) is 103 Å². The number of alkyl halides is 1. The lowest BCUT2D eigenvalue weighted by Crippen LogP contribution is -2.23. The van der Waals surface area contributed by atoms with Gasteiger partial charge in [-0.3, -0.25) is 4.79 Å². The van der Waals surface area contributed by atoms with Gasteiger partial charge in [0.05, 0.1) is 5.75 Å². The van der Waals surface area contributed by atoms with Crippen molar-refractivity contribution in [2.24, 2.45) is 10.9 Å². The molecule has 84 valence electrons. The van der Waals surface area contributed by atoms with E-state index in [1.807, 2.05) is 0 Å². The van der Waals surface area contributed by atoms with Crippen molar-refractivity contribution in [2.75, 3.05) is 5.75 Å². The number of hydrogen-bond acceptors (Lipinski definition) is 3. The van der Waals surface area contributed by atoms with Crippen molar-refractivity contribution in [3.63, 3.8) is 0 Å². The number of rotatable bonds is 7. The van der Waals surface area contributed by atoms with Gasteiger partial charge >= 0.3 is 0 Å². The average molecular weight is 243 g/mol. The van der Waals surface area contributed by atoms with Crippen LogP contribution in [0.3, 0.4) is 0 Å². The van der Waals surface area contributed by atoms with E-state index >= 15 is 0 Å². The monoisotopic (exact) mass is 242 g/mol. The first-order chi connectivity index (χ1) is 6.33. The molecule has 5 nitrogen and oxygen atoms in total. The summed E-state index contributed by atoms with van der Waals surface area (Å²) in [5.41, 5.74) is 4.93. The molecule has 0 fully saturated rings. The maximum Gasteiger partial charge on any atom is 0.235 e. The normalized spacial score (nSPS) is 13.9. The van der Waals surface area contributed by atoms with Gasteiger partial charge in [0, 0.05) is 0 Å². The van der Waals surface area contributed by atoms with Gasteiger partial charge in [-0.05, 0) is 12.8 Å². The summed E-state index contributed by atoms with van der Waals surface area (Å²) < 4.78 is 21.0. The van der Waals surface area contributed by atoms with Crippen LogP contribution in [0.1, 0.15) is 25.7 Å². The third-order valence-corrected chi connectivity index (χ3v) is 2.99. The van der Waals surface area contributed by atoms with Gasteiger partial charge < -0.3 is 5.73 Å². The van der Waals surface area contributed by atoms with Crippen molar-refractivity contribution in [1.82, 2.24) is 0 Å². The molecular weight excluding hydrogens is 228 g/mol. The Labute approximate surface area is 88.8 Å². The average Bonchev–Trinajstić information content (AvgIpc) is 2.01. The molecule has 0 aromatic carbocycles. The molecule has 4 N–H and O–H groups in total.